The Balaban J connectivity index is 0.00000341. The Bertz CT molecular complexity index is 844. The van der Waals surface area contributed by atoms with Crippen molar-refractivity contribution in [2.24, 2.45) is 4.99 Å². The van der Waals surface area contributed by atoms with Crippen LogP contribution in [-0.2, 0) is 13.0 Å². The summed E-state index contributed by atoms with van der Waals surface area (Å²) in [4.78, 5) is 22.1. The van der Waals surface area contributed by atoms with Crippen molar-refractivity contribution in [1.82, 2.24) is 15.5 Å². The fourth-order valence-corrected chi connectivity index (χ4v) is 4.72. The summed E-state index contributed by atoms with van der Waals surface area (Å²) in [5.74, 6) is 0.976. The van der Waals surface area contributed by atoms with Crippen LogP contribution in [0.25, 0.3) is 0 Å². The van der Waals surface area contributed by atoms with Gasteiger partial charge < -0.3 is 15.5 Å². The van der Waals surface area contributed by atoms with Crippen LogP contribution < -0.4 is 10.6 Å². The van der Waals surface area contributed by atoms with Crippen molar-refractivity contribution in [2.45, 2.75) is 59.0 Å². The molecule has 2 aromatic rings. The van der Waals surface area contributed by atoms with Crippen LogP contribution >= 0.6 is 35.3 Å². The largest absolute Gasteiger partial charge is 0.357 e. The molecule has 3 rings (SSSR count). The van der Waals surface area contributed by atoms with E-state index in [4.69, 9.17) is 4.99 Å². The molecule has 5 nitrogen and oxygen atoms in total. The lowest BCUT2D eigenvalue weighted by Crippen LogP contribution is -2.43. The van der Waals surface area contributed by atoms with Crippen LogP contribution in [0.2, 0.25) is 0 Å². The molecular weight excluding hydrogens is 519 g/mol. The van der Waals surface area contributed by atoms with Crippen LogP contribution in [0.4, 0.5) is 0 Å². The second kappa shape index (κ2) is 13.1. The van der Waals surface area contributed by atoms with E-state index in [1.807, 2.05) is 40.5 Å². The molecule has 1 aromatic carbocycles. The van der Waals surface area contributed by atoms with Gasteiger partial charge in [0.25, 0.3) is 5.91 Å². The lowest BCUT2D eigenvalue weighted by Gasteiger charge is -2.26. The number of hydrogen-bond acceptors (Lipinski definition) is 3. The molecule has 1 amide bonds. The van der Waals surface area contributed by atoms with Crippen molar-refractivity contribution in [3.8, 4) is 0 Å². The Morgan fingerprint density at radius 1 is 1.13 bits per heavy atom. The molecular formula is C24H35IN4OS. The minimum Gasteiger partial charge on any atom is -0.357 e. The number of halogens is 1. The average molecular weight is 555 g/mol. The first-order valence-corrected chi connectivity index (χ1v) is 11.8. The Labute approximate surface area is 207 Å². The number of piperidine rings is 1. The van der Waals surface area contributed by atoms with Crippen molar-refractivity contribution < 1.29 is 4.79 Å². The monoisotopic (exact) mass is 554 g/mol. The van der Waals surface area contributed by atoms with E-state index in [1.54, 1.807) is 0 Å². The third-order valence-electron chi connectivity index (χ3n) is 5.29. The minimum atomic E-state index is 0. The molecule has 1 aliphatic heterocycles. The summed E-state index contributed by atoms with van der Waals surface area (Å²) in [7, 11) is 0. The van der Waals surface area contributed by atoms with Gasteiger partial charge in [-0.25, -0.2) is 4.99 Å². The van der Waals surface area contributed by atoms with Gasteiger partial charge in [-0.2, -0.15) is 0 Å². The Hall–Kier alpha value is -1.61. The number of hydrogen-bond donors (Lipinski definition) is 2. The summed E-state index contributed by atoms with van der Waals surface area (Å²) in [5.41, 5.74) is 1.87. The molecule has 2 heterocycles. The van der Waals surface area contributed by atoms with E-state index < -0.39 is 0 Å². The summed E-state index contributed by atoms with van der Waals surface area (Å²) in [6, 6.07) is 12.6. The van der Waals surface area contributed by atoms with Gasteiger partial charge >= 0.3 is 0 Å². The summed E-state index contributed by atoms with van der Waals surface area (Å²) in [5, 5.41) is 6.83. The van der Waals surface area contributed by atoms with Gasteiger partial charge in [-0.15, -0.1) is 35.3 Å². The van der Waals surface area contributed by atoms with Gasteiger partial charge in [0.15, 0.2) is 5.96 Å². The number of nitrogens with one attached hydrogen (secondary N) is 2. The van der Waals surface area contributed by atoms with Crippen molar-refractivity contribution >= 4 is 47.2 Å². The fraction of sp³-hybridized carbons (Fsp3) is 0.500. The molecule has 1 atom stereocenters. The number of aryl methyl sites for hydroxylation is 1. The lowest BCUT2D eigenvalue weighted by atomic mass is 10.1. The first-order valence-electron chi connectivity index (χ1n) is 11.0. The first-order chi connectivity index (χ1) is 14.5. The summed E-state index contributed by atoms with van der Waals surface area (Å²) in [6.45, 7) is 9.56. The maximum Gasteiger partial charge on any atom is 0.253 e. The van der Waals surface area contributed by atoms with Crippen LogP contribution in [0, 0.1) is 6.92 Å². The SMILES string of the molecule is CCNC(=NCc1ccc(C(=O)N2CCCCC2)cc1)NC(C)Cc1ccc(C)s1.I. The van der Waals surface area contributed by atoms with Crippen LogP contribution in [-0.4, -0.2) is 42.4 Å². The van der Waals surface area contributed by atoms with E-state index >= 15 is 0 Å². The number of amides is 1. The van der Waals surface area contributed by atoms with Gasteiger partial charge in [0.2, 0.25) is 0 Å². The number of carbonyl (C=O) groups excluding carboxylic acids is 1. The van der Waals surface area contributed by atoms with E-state index in [0.29, 0.717) is 12.6 Å². The smallest absolute Gasteiger partial charge is 0.253 e. The molecule has 0 spiro atoms. The van der Waals surface area contributed by atoms with Gasteiger partial charge in [0.1, 0.15) is 0 Å². The Morgan fingerprint density at radius 3 is 2.45 bits per heavy atom. The highest BCUT2D eigenvalue weighted by Gasteiger charge is 2.17. The molecule has 1 fully saturated rings. The van der Waals surface area contributed by atoms with Gasteiger partial charge in [-0.05, 0) is 69.9 Å². The predicted molar refractivity (Wildman–Crippen MR) is 142 cm³/mol. The van der Waals surface area contributed by atoms with Gasteiger partial charge in [-0.3, -0.25) is 4.79 Å². The molecule has 1 unspecified atom stereocenters. The second-order valence-corrected chi connectivity index (χ2v) is 9.38. The number of rotatable bonds is 7. The molecule has 7 heteroatoms. The Morgan fingerprint density at radius 2 is 1.84 bits per heavy atom. The minimum absolute atomic E-state index is 0. The third-order valence-corrected chi connectivity index (χ3v) is 6.32. The maximum absolute atomic E-state index is 12.6. The van der Waals surface area contributed by atoms with E-state index in [9.17, 15) is 4.79 Å². The average Bonchev–Trinajstić information content (AvgIpc) is 3.17. The zero-order valence-corrected chi connectivity index (χ0v) is 22.0. The molecule has 1 aromatic heterocycles. The second-order valence-electron chi connectivity index (χ2n) is 8.01. The van der Waals surface area contributed by atoms with Crippen molar-refractivity contribution in [3.05, 3.63) is 57.3 Å². The van der Waals surface area contributed by atoms with E-state index in [2.05, 4.69) is 43.5 Å². The molecule has 31 heavy (non-hydrogen) atoms. The number of carbonyl (C=O) groups is 1. The lowest BCUT2D eigenvalue weighted by molar-refractivity contribution is 0.0724. The van der Waals surface area contributed by atoms with Crippen LogP contribution in [0.15, 0.2) is 41.4 Å². The van der Waals surface area contributed by atoms with Crippen LogP contribution in [0.5, 0.6) is 0 Å². The highest BCUT2D eigenvalue weighted by Crippen LogP contribution is 2.17. The number of likely N-dealkylation sites (tertiary alicyclic amines) is 1. The van der Waals surface area contributed by atoms with Crippen molar-refractivity contribution in [2.75, 3.05) is 19.6 Å². The molecule has 170 valence electrons. The summed E-state index contributed by atoms with van der Waals surface area (Å²) >= 11 is 1.85. The summed E-state index contributed by atoms with van der Waals surface area (Å²) < 4.78 is 0. The number of guanidine groups is 1. The quantitative estimate of drug-likeness (QED) is 0.288. The van der Waals surface area contributed by atoms with Crippen molar-refractivity contribution in [1.29, 1.82) is 0 Å². The number of aliphatic imine (C=N–C) groups is 1. The molecule has 0 saturated carbocycles. The van der Waals surface area contributed by atoms with E-state index in [0.717, 1.165) is 56.0 Å². The van der Waals surface area contributed by atoms with Crippen molar-refractivity contribution in [3.63, 3.8) is 0 Å². The van der Waals surface area contributed by atoms with Gasteiger partial charge in [-0.1, -0.05) is 12.1 Å². The van der Waals surface area contributed by atoms with E-state index in [1.165, 1.54) is 16.2 Å². The molecule has 0 radical (unpaired) electrons. The molecule has 1 aliphatic rings. The topological polar surface area (TPSA) is 56.7 Å². The predicted octanol–water partition coefficient (Wildman–Crippen LogP) is 4.99. The molecule has 1 saturated heterocycles. The maximum atomic E-state index is 12.6. The highest BCUT2D eigenvalue weighted by molar-refractivity contribution is 14.0. The molecule has 0 bridgehead atoms. The zero-order chi connectivity index (χ0) is 21.3. The first kappa shape index (κ1) is 25.6. The van der Waals surface area contributed by atoms with Gasteiger partial charge in [0.05, 0.1) is 6.54 Å². The fourth-order valence-electron chi connectivity index (χ4n) is 3.70. The number of benzene rings is 1. The third kappa shape index (κ3) is 8.11. The zero-order valence-electron chi connectivity index (χ0n) is 18.8. The molecule has 0 aliphatic carbocycles. The molecule has 2 N–H and O–H groups in total. The van der Waals surface area contributed by atoms with E-state index in [-0.39, 0.29) is 29.9 Å². The Kier molecular flexibility index (Phi) is 10.8. The van der Waals surface area contributed by atoms with Crippen LogP contribution in [0.3, 0.4) is 0 Å². The highest BCUT2D eigenvalue weighted by atomic mass is 127. The van der Waals surface area contributed by atoms with Crippen LogP contribution in [0.1, 0.15) is 58.8 Å². The summed E-state index contributed by atoms with van der Waals surface area (Å²) in [6.07, 6.45) is 4.44. The van der Waals surface area contributed by atoms with Gasteiger partial charge in [0, 0.05) is 47.4 Å². The normalized spacial score (nSPS) is 15.2. The number of nitrogens with zero attached hydrogens (tertiary/aromatic N) is 2. The standard InChI is InChI=1S/C24H34N4OS.HI/c1-4-25-24(27-18(2)16-22-13-8-19(3)30-22)26-17-20-9-11-21(12-10-20)23(29)28-14-6-5-7-15-28;/h8-13,18H,4-7,14-17H2,1-3H3,(H2,25,26,27);1H. The number of thiophene rings is 1.